The fourth-order valence-corrected chi connectivity index (χ4v) is 2.37. The minimum Gasteiger partial charge on any atom is -0.294 e. The number of Topliss-reactive ketones (excluding diaryl/α,β-unsaturated/α-hetero) is 1. The predicted molar refractivity (Wildman–Crippen MR) is 92.2 cm³/mol. The van der Waals surface area contributed by atoms with Crippen molar-refractivity contribution in [3.63, 3.8) is 0 Å². The number of ketones is 1. The van der Waals surface area contributed by atoms with Crippen molar-refractivity contribution in [2.75, 3.05) is 0 Å². The molecule has 1 unspecified atom stereocenters. The summed E-state index contributed by atoms with van der Waals surface area (Å²) in [7, 11) is 0. The zero-order valence-electron chi connectivity index (χ0n) is 15.1. The minimum atomic E-state index is 0.172. The van der Waals surface area contributed by atoms with Crippen molar-refractivity contribution in [2.45, 2.75) is 73.6 Å². The predicted octanol–water partition coefficient (Wildman–Crippen LogP) is 6.19. The number of benzene rings is 1. The molecule has 0 aliphatic rings. The van der Waals surface area contributed by atoms with E-state index in [9.17, 15) is 4.79 Å². The fraction of sp³-hybridized carbons (Fsp3) is 0.650. The third-order valence-corrected chi connectivity index (χ3v) is 4.63. The topological polar surface area (TPSA) is 17.1 Å². The Morgan fingerprint density at radius 2 is 1.57 bits per heavy atom. The second-order valence-electron chi connectivity index (χ2n) is 8.05. The lowest BCUT2D eigenvalue weighted by molar-refractivity contribution is 0.0926. The van der Waals surface area contributed by atoms with Crippen LogP contribution in [0.5, 0.6) is 0 Å². The Morgan fingerprint density at radius 3 is 2.00 bits per heavy atom. The number of hydrogen-bond donors (Lipinski definition) is 0. The van der Waals surface area contributed by atoms with Crippen LogP contribution in [-0.2, 0) is 0 Å². The number of rotatable bonds is 5. The first kappa shape index (κ1) is 17.9. The Morgan fingerprint density at radius 1 is 1.00 bits per heavy atom. The fourth-order valence-electron chi connectivity index (χ4n) is 2.37. The molecule has 0 saturated carbocycles. The first-order valence-electron chi connectivity index (χ1n) is 8.21. The van der Waals surface area contributed by atoms with Crippen LogP contribution in [0.15, 0.2) is 18.2 Å². The van der Waals surface area contributed by atoms with Crippen molar-refractivity contribution >= 4 is 5.78 Å². The van der Waals surface area contributed by atoms with E-state index in [1.165, 1.54) is 11.1 Å². The van der Waals surface area contributed by atoms with Crippen molar-refractivity contribution < 1.29 is 4.79 Å². The van der Waals surface area contributed by atoms with Gasteiger partial charge >= 0.3 is 0 Å². The summed E-state index contributed by atoms with van der Waals surface area (Å²) in [5.41, 5.74) is 3.61. The highest BCUT2D eigenvalue weighted by atomic mass is 16.1. The van der Waals surface area contributed by atoms with Gasteiger partial charge in [-0.15, -0.1) is 0 Å². The van der Waals surface area contributed by atoms with Gasteiger partial charge in [0.25, 0.3) is 0 Å². The molecule has 0 amide bonds. The van der Waals surface area contributed by atoms with E-state index >= 15 is 0 Å². The van der Waals surface area contributed by atoms with E-state index in [1.807, 2.05) is 6.07 Å². The Balaban J connectivity index is 3.09. The molecule has 0 bridgehead atoms. The van der Waals surface area contributed by atoms with Gasteiger partial charge in [-0.25, -0.2) is 0 Å². The highest BCUT2D eigenvalue weighted by Gasteiger charge is 2.24. The quantitative estimate of drug-likeness (QED) is 0.590. The summed E-state index contributed by atoms with van der Waals surface area (Å²) >= 11 is 0. The van der Waals surface area contributed by atoms with Crippen LogP contribution >= 0.6 is 0 Å². The second-order valence-corrected chi connectivity index (χ2v) is 8.05. The number of hydrogen-bond acceptors (Lipinski definition) is 1. The lowest BCUT2D eigenvalue weighted by Crippen LogP contribution is -2.21. The lowest BCUT2D eigenvalue weighted by atomic mass is 9.77. The molecule has 0 spiro atoms. The summed E-state index contributed by atoms with van der Waals surface area (Å²) in [6, 6.07) is 6.39. The zero-order valence-corrected chi connectivity index (χ0v) is 15.1. The average molecular weight is 288 g/mol. The number of carbonyl (C=O) groups is 1. The van der Waals surface area contributed by atoms with E-state index in [0.717, 1.165) is 5.56 Å². The largest absolute Gasteiger partial charge is 0.294 e. The van der Waals surface area contributed by atoms with Crippen LogP contribution in [0.25, 0.3) is 0 Å². The van der Waals surface area contributed by atoms with Gasteiger partial charge in [0.2, 0.25) is 0 Å². The Hall–Kier alpha value is -1.11. The molecule has 0 N–H and O–H groups in total. The summed E-state index contributed by atoms with van der Waals surface area (Å²) in [5.74, 6) is 1.55. The SMILES string of the molecule is CC(C)c1ccc(C(=O)CC(C)C(C)(C)C)c(C(C)C)c1. The molecule has 1 atom stereocenters. The molecule has 0 radical (unpaired) electrons. The standard InChI is InChI=1S/C20H32O/c1-13(2)16-9-10-17(18(12-16)14(3)4)19(21)11-15(5)20(6,7)8/h9-10,12-15H,11H2,1-8H3. The van der Waals surface area contributed by atoms with Gasteiger partial charge in [0.1, 0.15) is 0 Å². The molecule has 1 heteroatoms. The van der Waals surface area contributed by atoms with Crippen LogP contribution in [0.3, 0.4) is 0 Å². The van der Waals surface area contributed by atoms with E-state index < -0.39 is 0 Å². The minimum absolute atomic E-state index is 0.172. The zero-order chi connectivity index (χ0) is 16.4. The molecule has 1 aromatic carbocycles. The highest BCUT2D eigenvalue weighted by Crippen LogP contribution is 2.31. The highest BCUT2D eigenvalue weighted by molar-refractivity contribution is 5.97. The van der Waals surface area contributed by atoms with Gasteiger partial charge in [-0.3, -0.25) is 4.79 Å². The van der Waals surface area contributed by atoms with Gasteiger partial charge < -0.3 is 0 Å². The molecule has 0 saturated heterocycles. The van der Waals surface area contributed by atoms with E-state index in [1.54, 1.807) is 0 Å². The van der Waals surface area contributed by atoms with Crippen LogP contribution in [0.1, 0.15) is 95.1 Å². The van der Waals surface area contributed by atoms with Gasteiger partial charge in [-0.05, 0) is 34.3 Å². The van der Waals surface area contributed by atoms with Crippen LogP contribution < -0.4 is 0 Å². The molecule has 0 fully saturated rings. The molecule has 0 aliphatic heterocycles. The molecular weight excluding hydrogens is 256 g/mol. The summed E-state index contributed by atoms with van der Waals surface area (Å²) < 4.78 is 0. The molecule has 0 heterocycles. The molecule has 1 rings (SSSR count). The van der Waals surface area contributed by atoms with Crippen molar-refractivity contribution in [1.29, 1.82) is 0 Å². The summed E-state index contributed by atoms with van der Waals surface area (Å²) in [6.07, 6.45) is 0.629. The van der Waals surface area contributed by atoms with Crippen molar-refractivity contribution in [3.8, 4) is 0 Å². The van der Waals surface area contributed by atoms with Crippen LogP contribution in [0.4, 0.5) is 0 Å². The molecule has 0 aliphatic carbocycles. The van der Waals surface area contributed by atoms with E-state index in [0.29, 0.717) is 24.2 Å². The van der Waals surface area contributed by atoms with Crippen molar-refractivity contribution in [2.24, 2.45) is 11.3 Å². The monoisotopic (exact) mass is 288 g/mol. The number of carbonyl (C=O) groups excluding carboxylic acids is 1. The van der Waals surface area contributed by atoms with Crippen molar-refractivity contribution in [3.05, 3.63) is 34.9 Å². The van der Waals surface area contributed by atoms with Gasteiger partial charge in [0.05, 0.1) is 0 Å². The van der Waals surface area contributed by atoms with Crippen molar-refractivity contribution in [1.82, 2.24) is 0 Å². The third-order valence-electron chi connectivity index (χ3n) is 4.63. The van der Waals surface area contributed by atoms with Crippen LogP contribution in [0, 0.1) is 11.3 Å². The average Bonchev–Trinajstić information content (AvgIpc) is 2.36. The maximum atomic E-state index is 12.7. The van der Waals surface area contributed by atoms with Gasteiger partial charge in [-0.1, -0.05) is 73.6 Å². The first-order chi connectivity index (χ1) is 9.54. The van der Waals surface area contributed by atoms with Gasteiger partial charge in [-0.2, -0.15) is 0 Å². The molecular formula is C20H32O. The Kier molecular flexibility index (Phi) is 5.78. The van der Waals surface area contributed by atoms with E-state index in [4.69, 9.17) is 0 Å². The Bertz CT molecular complexity index is 489. The van der Waals surface area contributed by atoms with Crippen LogP contribution in [-0.4, -0.2) is 5.78 Å². The molecule has 118 valence electrons. The Labute approximate surface area is 131 Å². The van der Waals surface area contributed by atoms with E-state index in [-0.39, 0.29) is 11.2 Å². The van der Waals surface area contributed by atoms with Gasteiger partial charge in [0.15, 0.2) is 5.78 Å². The molecule has 1 nitrogen and oxygen atoms in total. The first-order valence-corrected chi connectivity index (χ1v) is 8.21. The third kappa shape index (κ3) is 4.69. The summed E-state index contributed by atoms with van der Waals surface area (Å²) in [5, 5.41) is 0. The maximum absolute atomic E-state index is 12.7. The summed E-state index contributed by atoms with van der Waals surface area (Å²) in [6.45, 7) is 17.5. The normalized spacial score (nSPS) is 13.8. The van der Waals surface area contributed by atoms with E-state index in [2.05, 4.69) is 67.5 Å². The second kappa shape index (κ2) is 6.77. The molecule has 0 aromatic heterocycles. The molecule has 1 aromatic rings. The lowest BCUT2D eigenvalue weighted by Gasteiger charge is -2.27. The smallest absolute Gasteiger partial charge is 0.163 e. The maximum Gasteiger partial charge on any atom is 0.163 e. The summed E-state index contributed by atoms with van der Waals surface area (Å²) in [4.78, 5) is 12.7. The molecule has 21 heavy (non-hydrogen) atoms. The van der Waals surface area contributed by atoms with Gasteiger partial charge in [0, 0.05) is 12.0 Å². The van der Waals surface area contributed by atoms with Crippen LogP contribution in [0.2, 0.25) is 0 Å².